The van der Waals surface area contributed by atoms with E-state index < -0.39 is 8.07 Å². The summed E-state index contributed by atoms with van der Waals surface area (Å²) in [4.78, 5) is 0. The van der Waals surface area contributed by atoms with E-state index in [-0.39, 0.29) is 0 Å². The Hall–Kier alpha value is -0.913. The van der Waals surface area contributed by atoms with E-state index in [0.717, 1.165) is 5.56 Å². The number of benzene rings is 1. The summed E-state index contributed by atoms with van der Waals surface area (Å²) >= 11 is 5.98. The van der Waals surface area contributed by atoms with E-state index in [9.17, 15) is 0 Å². The van der Waals surface area contributed by atoms with Gasteiger partial charge in [0.05, 0.1) is 5.02 Å². The van der Waals surface area contributed by atoms with Gasteiger partial charge in [-0.1, -0.05) is 37.2 Å². The lowest BCUT2D eigenvalue weighted by atomic mass is 10.2. The molecule has 0 radical (unpaired) electrons. The maximum atomic E-state index is 5.98. The lowest BCUT2D eigenvalue weighted by Gasteiger charge is -2.04. The molecule has 0 saturated heterocycles. The molecule has 0 aromatic heterocycles. The Balaban J connectivity index is 3.06. The monoisotopic (exact) mass is 223 g/mol. The van der Waals surface area contributed by atoms with Gasteiger partial charge in [-0.25, -0.2) is 0 Å². The fourth-order valence-electron chi connectivity index (χ4n) is 0.894. The minimum atomic E-state index is -1.34. The van der Waals surface area contributed by atoms with E-state index in [0.29, 0.717) is 10.7 Å². The van der Waals surface area contributed by atoms with Crippen molar-refractivity contribution in [1.29, 1.82) is 0 Å². The van der Waals surface area contributed by atoms with Gasteiger partial charge in [0.25, 0.3) is 0 Å². The highest BCUT2D eigenvalue weighted by Gasteiger charge is 2.07. The van der Waals surface area contributed by atoms with Crippen LogP contribution in [0.25, 0.3) is 0 Å². The molecule has 0 bridgehead atoms. The van der Waals surface area contributed by atoms with E-state index in [4.69, 9.17) is 17.3 Å². The van der Waals surface area contributed by atoms with Crippen molar-refractivity contribution in [3.8, 4) is 11.5 Å². The Morgan fingerprint density at radius 3 is 2.50 bits per heavy atom. The minimum Gasteiger partial charge on any atom is -0.399 e. The Bertz CT molecular complexity index is 396. The molecule has 14 heavy (non-hydrogen) atoms. The third-order valence-corrected chi connectivity index (χ3v) is 2.77. The summed E-state index contributed by atoms with van der Waals surface area (Å²) in [7, 11) is -1.34. The molecule has 0 amide bonds. The first-order valence-corrected chi connectivity index (χ1v) is 8.34. The number of nitrogen functional groups attached to an aromatic ring is 1. The number of halogens is 1. The zero-order valence-corrected chi connectivity index (χ0v) is 10.4. The summed E-state index contributed by atoms with van der Waals surface area (Å²) in [6.45, 7) is 6.58. The molecule has 0 heterocycles. The minimum absolute atomic E-state index is 0.671. The maximum absolute atomic E-state index is 5.98. The molecule has 0 spiro atoms. The van der Waals surface area contributed by atoms with Gasteiger partial charge in [-0.2, -0.15) is 0 Å². The third kappa shape index (κ3) is 3.45. The second-order valence-corrected chi connectivity index (χ2v) is 9.40. The van der Waals surface area contributed by atoms with Crippen molar-refractivity contribution in [3.05, 3.63) is 28.8 Å². The van der Waals surface area contributed by atoms with Crippen molar-refractivity contribution in [2.24, 2.45) is 0 Å². The van der Waals surface area contributed by atoms with Gasteiger partial charge < -0.3 is 5.73 Å². The number of hydrogen-bond acceptors (Lipinski definition) is 1. The SMILES string of the molecule is C[Si](C)(C)C#Cc1cc(N)ccc1Cl. The average molecular weight is 224 g/mol. The van der Waals surface area contributed by atoms with E-state index >= 15 is 0 Å². The third-order valence-electron chi connectivity index (χ3n) is 1.56. The van der Waals surface area contributed by atoms with Gasteiger partial charge in [-0.15, -0.1) is 5.54 Å². The fraction of sp³-hybridized carbons (Fsp3) is 0.273. The van der Waals surface area contributed by atoms with Gasteiger partial charge in [-0.05, 0) is 18.2 Å². The number of nitrogens with two attached hydrogens (primary N) is 1. The summed E-state index contributed by atoms with van der Waals surface area (Å²) < 4.78 is 0. The first-order valence-electron chi connectivity index (χ1n) is 4.47. The molecule has 3 heteroatoms. The van der Waals surface area contributed by atoms with Crippen LogP contribution in [0.4, 0.5) is 5.69 Å². The molecule has 74 valence electrons. The predicted octanol–water partition coefficient (Wildman–Crippen LogP) is 3.15. The quantitative estimate of drug-likeness (QED) is 0.408. The molecular formula is C11H14ClNSi. The number of anilines is 1. The molecule has 0 unspecified atom stereocenters. The van der Waals surface area contributed by atoms with Crippen molar-refractivity contribution in [2.45, 2.75) is 19.6 Å². The van der Waals surface area contributed by atoms with Gasteiger partial charge in [0.2, 0.25) is 0 Å². The van der Waals surface area contributed by atoms with E-state index in [2.05, 4.69) is 31.1 Å². The first kappa shape index (κ1) is 11.2. The van der Waals surface area contributed by atoms with Crippen molar-refractivity contribution in [1.82, 2.24) is 0 Å². The van der Waals surface area contributed by atoms with Crippen LogP contribution < -0.4 is 5.73 Å². The van der Waals surface area contributed by atoms with Gasteiger partial charge >= 0.3 is 0 Å². The molecule has 0 fully saturated rings. The predicted molar refractivity (Wildman–Crippen MR) is 66.1 cm³/mol. The molecule has 0 saturated carbocycles. The topological polar surface area (TPSA) is 26.0 Å². The Labute approximate surface area is 91.3 Å². The van der Waals surface area contributed by atoms with Crippen molar-refractivity contribution in [3.63, 3.8) is 0 Å². The maximum Gasteiger partial charge on any atom is 0.129 e. The van der Waals surface area contributed by atoms with Gasteiger partial charge in [0.15, 0.2) is 0 Å². The van der Waals surface area contributed by atoms with Crippen molar-refractivity contribution in [2.75, 3.05) is 5.73 Å². The number of rotatable bonds is 0. The lowest BCUT2D eigenvalue weighted by molar-refractivity contribution is 1.63. The van der Waals surface area contributed by atoms with Crippen molar-refractivity contribution >= 4 is 25.4 Å². The standard InChI is InChI=1S/C11H14ClNSi/c1-14(2,3)7-6-9-8-10(13)4-5-11(9)12/h4-5,8H,13H2,1-3H3. The molecule has 0 aliphatic carbocycles. The average Bonchev–Trinajstić information content (AvgIpc) is 2.05. The summed E-state index contributed by atoms with van der Waals surface area (Å²) in [5.41, 5.74) is 10.4. The van der Waals surface area contributed by atoms with Crippen LogP contribution in [-0.2, 0) is 0 Å². The molecule has 0 atom stereocenters. The van der Waals surface area contributed by atoms with E-state index in [1.165, 1.54) is 0 Å². The highest BCUT2D eigenvalue weighted by Crippen LogP contribution is 2.17. The zero-order chi connectivity index (χ0) is 10.8. The summed E-state index contributed by atoms with van der Waals surface area (Å²) in [5, 5.41) is 0.671. The second-order valence-electron chi connectivity index (χ2n) is 4.24. The molecule has 1 rings (SSSR count). The Kier molecular flexibility index (Phi) is 3.25. The summed E-state index contributed by atoms with van der Waals surface area (Å²) in [6.07, 6.45) is 0. The van der Waals surface area contributed by atoms with Gasteiger partial charge in [-0.3, -0.25) is 0 Å². The Morgan fingerprint density at radius 1 is 1.29 bits per heavy atom. The van der Waals surface area contributed by atoms with Gasteiger partial charge in [0, 0.05) is 11.3 Å². The van der Waals surface area contributed by atoms with E-state index in [1.54, 1.807) is 12.1 Å². The highest BCUT2D eigenvalue weighted by atomic mass is 35.5. The Morgan fingerprint density at radius 2 is 1.93 bits per heavy atom. The van der Waals surface area contributed by atoms with Crippen LogP contribution >= 0.6 is 11.6 Å². The van der Waals surface area contributed by atoms with Crippen LogP contribution in [0.3, 0.4) is 0 Å². The molecule has 1 nitrogen and oxygen atoms in total. The van der Waals surface area contributed by atoms with Crippen LogP contribution in [0.2, 0.25) is 24.7 Å². The van der Waals surface area contributed by atoms with Gasteiger partial charge in [0.1, 0.15) is 8.07 Å². The molecule has 2 N–H and O–H groups in total. The van der Waals surface area contributed by atoms with Crippen LogP contribution in [0.1, 0.15) is 5.56 Å². The second kappa shape index (κ2) is 4.08. The normalized spacial score (nSPS) is 10.6. The van der Waals surface area contributed by atoms with Crippen LogP contribution in [0.15, 0.2) is 18.2 Å². The van der Waals surface area contributed by atoms with Crippen LogP contribution in [0.5, 0.6) is 0 Å². The first-order chi connectivity index (χ1) is 6.38. The van der Waals surface area contributed by atoms with Crippen LogP contribution in [0, 0.1) is 11.5 Å². The summed E-state index contributed by atoms with van der Waals surface area (Å²) in [5.74, 6) is 3.09. The van der Waals surface area contributed by atoms with Crippen LogP contribution in [-0.4, -0.2) is 8.07 Å². The van der Waals surface area contributed by atoms with Crippen molar-refractivity contribution < 1.29 is 0 Å². The molecule has 1 aromatic carbocycles. The van der Waals surface area contributed by atoms with E-state index in [1.807, 2.05) is 6.07 Å². The molecule has 0 aliphatic heterocycles. The fourth-order valence-corrected chi connectivity index (χ4v) is 1.57. The zero-order valence-electron chi connectivity index (χ0n) is 8.69. The molecule has 1 aromatic rings. The largest absolute Gasteiger partial charge is 0.399 e. The molecular weight excluding hydrogens is 210 g/mol. The molecule has 0 aliphatic rings. The highest BCUT2D eigenvalue weighted by molar-refractivity contribution is 6.83. The summed E-state index contributed by atoms with van der Waals surface area (Å²) in [6, 6.07) is 5.38. The lowest BCUT2D eigenvalue weighted by Crippen LogP contribution is -2.16. The smallest absolute Gasteiger partial charge is 0.129 e. The number of hydrogen-bond donors (Lipinski definition) is 1.